The summed E-state index contributed by atoms with van der Waals surface area (Å²) in [6, 6.07) is 0. The van der Waals surface area contributed by atoms with Crippen molar-refractivity contribution in [2.24, 2.45) is 5.92 Å². The van der Waals surface area contributed by atoms with Crippen molar-refractivity contribution in [2.75, 3.05) is 40.0 Å². The van der Waals surface area contributed by atoms with E-state index in [0.29, 0.717) is 19.1 Å². The van der Waals surface area contributed by atoms with Gasteiger partial charge < -0.3 is 19.5 Å². The molecular weight excluding hydrogens is 230 g/mol. The highest BCUT2D eigenvalue weighted by Crippen LogP contribution is 2.11. The number of aliphatic hydroxyl groups excluding tert-OH is 1. The summed E-state index contributed by atoms with van der Waals surface area (Å²) in [6.45, 7) is 8.18. The van der Waals surface area contributed by atoms with Gasteiger partial charge in [-0.2, -0.15) is 0 Å². The van der Waals surface area contributed by atoms with Crippen LogP contribution in [-0.2, 0) is 9.47 Å². The predicted molar refractivity (Wildman–Crippen MR) is 72.8 cm³/mol. The van der Waals surface area contributed by atoms with Crippen molar-refractivity contribution in [3.8, 4) is 0 Å². The van der Waals surface area contributed by atoms with Gasteiger partial charge in [-0.3, -0.25) is 0 Å². The minimum Gasteiger partial charge on any atom is -0.389 e. The summed E-state index contributed by atoms with van der Waals surface area (Å²) >= 11 is 0. The van der Waals surface area contributed by atoms with E-state index in [1.807, 2.05) is 0 Å². The van der Waals surface area contributed by atoms with E-state index in [-0.39, 0.29) is 12.2 Å². The third-order valence-electron chi connectivity index (χ3n) is 3.30. The maximum atomic E-state index is 9.92. The number of rotatable bonds is 8. The standard InChI is InChI=1S/C14H29NO3/c1-12(2)4-7-15(3)10-13(16)11-18-14-5-8-17-9-6-14/h12-14,16H,4-11H2,1-3H3. The molecule has 0 aromatic carbocycles. The average molecular weight is 259 g/mol. The fourth-order valence-corrected chi connectivity index (χ4v) is 2.07. The molecule has 0 radical (unpaired) electrons. The molecule has 4 nitrogen and oxygen atoms in total. The van der Waals surface area contributed by atoms with Crippen molar-refractivity contribution in [1.82, 2.24) is 4.90 Å². The lowest BCUT2D eigenvalue weighted by Crippen LogP contribution is -2.35. The number of hydrogen-bond donors (Lipinski definition) is 1. The van der Waals surface area contributed by atoms with E-state index in [1.54, 1.807) is 0 Å². The van der Waals surface area contributed by atoms with Gasteiger partial charge in [-0.25, -0.2) is 0 Å². The second-order valence-corrected chi connectivity index (χ2v) is 5.74. The third kappa shape index (κ3) is 7.31. The molecule has 1 atom stereocenters. The smallest absolute Gasteiger partial charge is 0.0900 e. The van der Waals surface area contributed by atoms with Crippen molar-refractivity contribution in [2.45, 2.75) is 45.3 Å². The SMILES string of the molecule is CC(C)CCN(C)CC(O)COC1CCOCC1. The van der Waals surface area contributed by atoms with E-state index < -0.39 is 0 Å². The van der Waals surface area contributed by atoms with Crippen molar-refractivity contribution < 1.29 is 14.6 Å². The zero-order valence-corrected chi connectivity index (χ0v) is 12.1. The molecule has 0 aromatic rings. The Labute approximate surface area is 111 Å². The summed E-state index contributed by atoms with van der Waals surface area (Å²) in [5.41, 5.74) is 0. The quantitative estimate of drug-likeness (QED) is 0.717. The third-order valence-corrected chi connectivity index (χ3v) is 3.30. The zero-order chi connectivity index (χ0) is 13.4. The number of nitrogens with zero attached hydrogens (tertiary/aromatic N) is 1. The first-order chi connectivity index (χ1) is 8.58. The fraction of sp³-hybridized carbons (Fsp3) is 1.00. The molecule has 1 unspecified atom stereocenters. The van der Waals surface area contributed by atoms with Crippen molar-refractivity contribution >= 4 is 0 Å². The number of ether oxygens (including phenoxy) is 2. The molecule has 4 heteroatoms. The molecule has 0 bridgehead atoms. The second-order valence-electron chi connectivity index (χ2n) is 5.74. The van der Waals surface area contributed by atoms with Gasteiger partial charge in [-0.05, 0) is 38.8 Å². The molecule has 0 spiro atoms. The first-order valence-corrected chi connectivity index (χ1v) is 7.14. The Morgan fingerprint density at radius 2 is 2.00 bits per heavy atom. The molecule has 0 amide bonds. The van der Waals surface area contributed by atoms with E-state index in [2.05, 4.69) is 25.8 Å². The van der Waals surface area contributed by atoms with Crippen LogP contribution in [0.25, 0.3) is 0 Å². The fourth-order valence-electron chi connectivity index (χ4n) is 2.07. The Balaban J connectivity index is 2.06. The highest BCUT2D eigenvalue weighted by atomic mass is 16.5. The molecule has 1 saturated heterocycles. The van der Waals surface area contributed by atoms with Gasteiger partial charge in [0.1, 0.15) is 0 Å². The van der Waals surface area contributed by atoms with Crippen molar-refractivity contribution in [3.63, 3.8) is 0 Å². The topological polar surface area (TPSA) is 41.9 Å². The van der Waals surface area contributed by atoms with E-state index in [4.69, 9.17) is 9.47 Å². The lowest BCUT2D eigenvalue weighted by atomic mass is 10.1. The lowest BCUT2D eigenvalue weighted by Gasteiger charge is -2.25. The Hall–Kier alpha value is -0.160. The summed E-state index contributed by atoms with van der Waals surface area (Å²) in [7, 11) is 2.06. The van der Waals surface area contributed by atoms with Crippen LogP contribution in [0.1, 0.15) is 33.1 Å². The first kappa shape index (κ1) is 15.9. The van der Waals surface area contributed by atoms with Crippen LogP contribution in [0.5, 0.6) is 0 Å². The molecule has 1 rings (SSSR count). The molecule has 108 valence electrons. The van der Waals surface area contributed by atoms with Gasteiger partial charge in [0.25, 0.3) is 0 Å². The minimum absolute atomic E-state index is 0.273. The average Bonchev–Trinajstić information content (AvgIpc) is 2.35. The van der Waals surface area contributed by atoms with Gasteiger partial charge in [0.05, 0.1) is 18.8 Å². The highest BCUT2D eigenvalue weighted by molar-refractivity contribution is 4.66. The Kier molecular flexibility index (Phi) is 7.82. The van der Waals surface area contributed by atoms with Crippen molar-refractivity contribution in [1.29, 1.82) is 0 Å². The predicted octanol–water partition coefficient (Wildman–Crippen LogP) is 1.52. The molecular formula is C14H29NO3. The van der Waals surface area contributed by atoms with Gasteiger partial charge in [0.15, 0.2) is 0 Å². The Morgan fingerprint density at radius 3 is 2.61 bits per heavy atom. The molecule has 1 N–H and O–H groups in total. The number of likely N-dealkylation sites (N-methyl/N-ethyl adjacent to an activating group) is 1. The van der Waals surface area contributed by atoms with E-state index >= 15 is 0 Å². The highest BCUT2D eigenvalue weighted by Gasteiger charge is 2.16. The molecule has 0 aliphatic carbocycles. The Morgan fingerprint density at radius 1 is 1.33 bits per heavy atom. The number of aliphatic hydroxyl groups is 1. The monoisotopic (exact) mass is 259 g/mol. The second kappa shape index (κ2) is 8.86. The van der Waals surface area contributed by atoms with Crippen LogP contribution in [0.4, 0.5) is 0 Å². The van der Waals surface area contributed by atoms with Gasteiger partial charge in [-0.15, -0.1) is 0 Å². The molecule has 1 fully saturated rings. The van der Waals surface area contributed by atoms with E-state index in [0.717, 1.165) is 32.6 Å². The Bertz CT molecular complexity index is 205. The molecule has 18 heavy (non-hydrogen) atoms. The van der Waals surface area contributed by atoms with Crippen LogP contribution in [0.15, 0.2) is 0 Å². The summed E-state index contributed by atoms with van der Waals surface area (Å²) in [4.78, 5) is 2.18. The normalized spacial score (nSPS) is 19.7. The molecule has 1 aliphatic rings. The first-order valence-electron chi connectivity index (χ1n) is 7.14. The molecule has 0 aromatic heterocycles. The van der Waals surface area contributed by atoms with Crippen LogP contribution in [0.2, 0.25) is 0 Å². The minimum atomic E-state index is -0.384. The molecule has 1 heterocycles. The van der Waals surface area contributed by atoms with Crippen LogP contribution in [0.3, 0.4) is 0 Å². The maximum absolute atomic E-state index is 9.92. The van der Waals surface area contributed by atoms with Crippen LogP contribution >= 0.6 is 0 Å². The van der Waals surface area contributed by atoms with Crippen molar-refractivity contribution in [3.05, 3.63) is 0 Å². The van der Waals surface area contributed by atoms with Crippen LogP contribution in [-0.4, -0.2) is 62.2 Å². The summed E-state index contributed by atoms with van der Waals surface area (Å²) in [5.74, 6) is 0.711. The van der Waals surface area contributed by atoms with E-state index in [9.17, 15) is 5.11 Å². The summed E-state index contributed by atoms with van der Waals surface area (Å²) in [6.07, 6.45) is 2.97. The lowest BCUT2D eigenvalue weighted by molar-refractivity contribution is -0.0631. The number of hydrogen-bond acceptors (Lipinski definition) is 4. The van der Waals surface area contributed by atoms with Crippen LogP contribution in [0, 0.1) is 5.92 Å². The zero-order valence-electron chi connectivity index (χ0n) is 12.1. The van der Waals surface area contributed by atoms with Gasteiger partial charge >= 0.3 is 0 Å². The van der Waals surface area contributed by atoms with Gasteiger partial charge in [-0.1, -0.05) is 13.8 Å². The molecule has 1 aliphatic heterocycles. The summed E-state index contributed by atoms with van der Waals surface area (Å²) in [5, 5.41) is 9.92. The maximum Gasteiger partial charge on any atom is 0.0900 e. The largest absolute Gasteiger partial charge is 0.389 e. The molecule has 0 saturated carbocycles. The summed E-state index contributed by atoms with van der Waals surface area (Å²) < 4.78 is 11.0. The van der Waals surface area contributed by atoms with E-state index in [1.165, 1.54) is 6.42 Å². The van der Waals surface area contributed by atoms with Crippen LogP contribution < -0.4 is 0 Å². The van der Waals surface area contributed by atoms with Gasteiger partial charge in [0.2, 0.25) is 0 Å². The van der Waals surface area contributed by atoms with Gasteiger partial charge in [0, 0.05) is 19.8 Å².